The van der Waals surface area contributed by atoms with Gasteiger partial charge in [-0.1, -0.05) is 36.6 Å². The van der Waals surface area contributed by atoms with E-state index >= 15 is 0 Å². The third-order valence-electron chi connectivity index (χ3n) is 5.97. The number of fused-ring (bicyclic) bond motifs is 1. The van der Waals surface area contributed by atoms with Gasteiger partial charge in [-0.25, -0.2) is 0 Å². The average Bonchev–Trinajstić information content (AvgIpc) is 3.40. The minimum absolute atomic E-state index is 0.102. The second-order valence-electron chi connectivity index (χ2n) is 8.16. The molecule has 0 unspecified atom stereocenters. The van der Waals surface area contributed by atoms with Crippen molar-refractivity contribution in [3.8, 4) is 11.4 Å². The van der Waals surface area contributed by atoms with Crippen molar-refractivity contribution in [2.75, 3.05) is 6.54 Å². The Morgan fingerprint density at radius 1 is 1.20 bits per heavy atom. The summed E-state index contributed by atoms with van der Waals surface area (Å²) in [4.78, 5) is 31.2. The van der Waals surface area contributed by atoms with E-state index < -0.39 is 5.97 Å². The van der Waals surface area contributed by atoms with Gasteiger partial charge in [0.2, 0.25) is 17.6 Å². The lowest BCUT2D eigenvalue weighted by atomic mass is 9.71. The van der Waals surface area contributed by atoms with E-state index in [0.717, 1.165) is 48.6 Å². The first-order valence-corrected chi connectivity index (χ1v) is 10.4. The largest absolute Gasteiger partial charge is 0.481 e. The molecule has 1 aromatic carbocycles. The van der Waals surface area contributed by atoms with E-state index in [9.17, 15) is 14.7 Å². The Kier molecular flexibility index (Phi) is 5.83. The molecule has 1 saturated carbocycles. The summed E-state index contributed by atoms with van der Waals surface area (Å²) in [6.45, 7) is 0.405. The van der Waals surface area contributed by atoms with Gasteiger partial charge in [0.25, 0.3) is 0 Å². The Labute approximate surface area is 174 Å². The Morgan fingerprint density at radius 3 is 2.83 bits per heavy atom. The smallest absolute Gasteiger partial charge is 0.303 e. The van der Waals surface area contributed by atoms with Gasteiger partial charge < -0.3 is 19.9 Å². The summed E-state index contributed by atoms with van der Waals surface area (Å²) in [5, 5.41) is 17.3. The van der Waals surface area contributed by atoms with Crippen LogP contribution in [0.15, 0.2) is 35.0 Å². The van der Waals surface area contributed by atoms with E-state index in [1.165, 1.54) is 0 Å². The van der Waals surface area contributed by atoms with E-state index in [0.29, 0.717) is 24.7 Å². The van der Waals surface area contributed by atoms with Gasteiger partial charge in [0.1, 0.15) is 0 Å². The van der Waals surface area contributed by atoms with Gasteiger partial charge in [0, 0.05) is 42.0 Å². The Hall–Kier alpha value is -3.16. The fraction of sp³-hybridized carbons (Fsp3) is 0.455. The highest BCUT2D eigenvalue weighted by atomic mass is 16.5. The number of carboxylic acid groups (broad SMARTS) is 1. The molecule has 8 nitrogen and oxygen atoms in total. The molecule has 1 aliphatic rings. The molecule has 1 amide bonds. The lowest BCUT2D eigenvalue weighted by Gasteiger charge is -2.36. The number of carboxylic acids is 1. The van der Waals surface area contributed by atoms with Crippen molar-refractivity contribution in [1.29, 1.82) is 0 Å². The number of carbonyl (C=O) groups is 2. The molecule has 1 fully saturated rings. The average molecular weight is 410 g/mol. The highest BCUT2D eigenvalue weighted by Gasteiger charge is 2.34. The second kappa shape index (κ2) is 8.69. The summed E-state index contributed by atoms with van der Waals surface area (Å²) >= 11 is 0. The molecular weight excluding hydrogens is 384 g/mol. The molecule has 8 heteroatoms. The standard InChI is InChI=1S/C22H26N4O4/c27-18(24-14-22(13-20(28)29)10-2-1-3-11-22)7-8-19-25-21(26-30-19)16-5-4-6-17-15(16)9-12-23-17/h4-6,9,12,23H,1-3,7-8,10-11,13-14H2,(H,24,27)(H,28,29). The van der Waals surface area contributed by atoms with Crippen molar-refractivity contribution in [3.05, 3.63) is 36.4 Å². The van der Waals surface area contributed by atoms with E-state index in [1.807, 2.05) is 30.5 Å². The number of aromatic nitrogens is 3. The molecule has 4 rings (SSSR count). The lowest BCUT2D eigenvalue weighted by Crippen LogP contribution is -2.40. The molecule has 0 aliphatic heterocycles. The van der Waals surface area contributed by atoms with Crippen LogP contribution in [0.1, 0.15) is 50.8 Å². The molecule has 2 aromatic heterocycles. The number of aromatic amines is 1. The maximum absolute atomic E-state index is 12.4. The molecule has 1 aliphatic carbocycles. The first-order valence-electron chi connectivity index (χ1n) is 10.4. The molecule has 158 valence electrons. The van der Waals surface area contributed by atoms with Gasteiger partial charge in [-0.3, -0.25) is 9.59 Å². The zero-order valence-corrected chi connectivity index (χ0v) is 16.8. The molecule has 0 bridgehead atoms. The fourth-order valence-electron chi connectivity index (χ4n) is 4.38. The number of aryl methyl sites for hydroxylation is 1. The summed E-state index contributed by atoms with van der Waals surface area (Å²) in [6, 6.07) is 7.80. The maximum atomic E-state index is 12.4. The maximum Gasteiger partial charge on any atom is 0.303 e. The number of benzene rings is 1. The Bertz CT molecular complexity index is 1030. The van der Waals surface area contributed by atoms with E-state index in [-0.39, 0.29) is 24.2 Å². The number of rotatable bonds is 8. The SMILES string of the molecule is O=C(O)CC1(CNC(=O)CCc2nc(-c3cccc4[nH]ccc34)no2)CCCCC1. The van der Waals surface area contributed by atoms with Crippen molar-refractivity contribution in [2.45, 2.75) is 51.4 Å². The van der Waals surface area contributed by atoms with E-state index in [4.69, 9.17) is 4.52 Å². The quantitative estimate of drug-likeness (QED) is 0.521. The van der Waals surface area contributed by atoms with Crippen LogP contribution in [0.2, 0.25) is 0 Å². The van der Waals surface area contributed by atoms with Gasteiger partial charge in [0.05, 0.1) is 6.42 Å². The summed E-state index contributed by atoms with van der Waals surface area (Å²) in [5.41, 5.74) is 1.55. The van der Waals surface area contributed by atoms with Gasteiger partial charge in [0.15, 0.2) is 0 Å². The number of nitrogens with zero attached hydrogens (tertiary/aromatic N) is 2. The minimum Gasteiger partial charge on any atom is -0.481 e. The molecule has 3 aromatic rings. The third kappa shape index (κ3) is 4.53. The molecule has 0 spiro atoms. The monoisotopic (exact) mass is 410 g/mol. The molecule has 30 heavy (non-hydrogen) atoms. The van der Waals surface area contributed by atoms with Gasteiger partial charge in [-0.05, 0) is 30.4 Å². The second-order valence-corrected chi connectivity index (χ2v) is 8.16. The summed E-state index contributed by atoms with van der Waals surface area (Å²) in [7, 11) is 0. The first kappa shape index (κ1) is 20.1. The zero-order chi connectivity index (χ0) is 21.0. The van der Waals surface area contributed by atoms with Crippen LogP contribution in [0.5, 0.6) is 0 Å². The zero-order valence-electron chi connectivity index (χ0n) is 16.8. The van der Waals surface area contributed by atoms with E-state index in [1.54, 1.807) is 0 Å². The summed E-state index contributed by atoms with van der Waals surface area (Å²) in [5.74, 6) is -0.0244. The lowest BCUT2D eigenvalue weighted by molar-refractivity contribution is -0.140. The Morgan fingerprint density at radius 2 is 2.03 bits per heavy atom. The first-order chi connectivity index (χ1) is 14.5. The van der Waals surface area contributed by atoms with Crippen molar-refractivity contribution < 1.29 is 19.2 Å². The number of H-pyrrole nitrogens is 1. The van der Waals surface area contributed by atoms with Crippen LogP contribution in [0, 0.1) is 5.41 Å². The normalized spacial score (nSPS) is 15.9. The number of nitrogens with one attached hydrogen (secondary N) is 2. The van der Waals surface area contributed by atoms with Crippen LogP contribution >= 0.6 is 0 Å². The van der Waals surface area contributed by atoms with Crippen LogP contribution in [-0.4, -0.2) is 38.7 Å². The third-order valence-corrected chi connectivity index (χ3v) is 5.97. The van der Waals surface area contributed by atoms with E-state index in [2.05, 4.69) is 20.4 Å². The highest BCUT2D eigenvalue weighted by molar-refractivity contribution is 5.93. The predicted octanol–water partition coefficient (Wildman–Crippen LogP) is 3.69. The van der Waals surface area contributed by atoms with Crippen LogP contribution in [-0.2, 0) is 16.0 Å². The number of hydrogen-bond acceptors (Lipinski definition) is 5. The van der Waals surface area contributed by atoms with Crippen molar-refractivity contribution in [2.24, 2.45) is 5.41 Å². The van der Waals surface area contributed by atoms with Crippen molar-refractivity contribution >= 4 is 22.8 Å². The molecule has 3 N–H and O–H groups in total. The predicted molar refractivity (Wildman–Crippen MR) is 111 cm³/mol. The fourth-order valence-corrected chi connectivity index (χ4v) is 4.38. The number of hydrogen-bond donors (Lipinski definition) is 3. The number of carbonyl (C=O) groups excluding carboxylic acids is 1. The topological polar surface area (TPSA) is 121 Å². The minimum atomic E-state index is -0.804. The van der Waals surface area contributed by atoms with Crippen LogP contribution in [0.25, 0.3) is 22.3 Å². The van der Waals surface area contributed by atoms with Gasteiger partial charge in [-0.2, -0.15) is 4.98 Å². The van der Waals surface area contributed by atoms with Crippen LogP contribution in [0.3, 0.4) is 0 Å². The number of amides is 1. The van der Waals surface area contributed by atoms with Gasteiger partial charge >= 0.3 is 5.97 Å². The Balaban J connectivity index is 1.33. The van der Waals surface area contributed by atoms with Crippen LogP contribution < -0.4 is 5.32 Å². The molecule has 2 heterocycles. The highest BCUT2D eigenvalue weighted by Crippen LogP contribution is 2.38. The molecular formula is C22H26N4O4. The summed E-state index contributed by atoms with van der Waals surface area (Å²) < 4.78 is 5.33. The van der Waals surface area contributed by atoms with Crippen molar-refractivity contribution in [1.82, 2.24) is 20.4 Å². The van der Waals surface area contributed by atoms with Gasteiger partial charge in [-0.15, -0.1) is 0 Å². The molecule has 0 saturated heterocycles. The number of aliphatic carboxylic acids is 1. The summed E-state index contributed by atoms with van der Waals surface area (Å²) in [6.07, 6.45) is 7.38. The molecule has 0 radical (unpaired) electrons. The molecule has 0 atom stereocenters. The van der Waals surface area contributed by atoms with Crippen LogP contribution in [0.4, 0.5) is 0 Å². The van der Waals surface area contributed by atoms with Crippen molar-refractivity contribution in [3.63, 3.8) is 0 Å².